The van der Waals surface area contributed by atoms with Crippen LogP contribution in [0.15, 0.2) is 18.2 Å². The first-order chi connectivity index (χ1) is 6.84. The highest BCUT2D eigenvalue weighted by molar-refractivity contribution is 5.51. The third-order valence-corrected chi connectivity index (χ3v) is 2.06. The largest absolute Gasteiger partial charge is 0.415 e. The monoisotopic (exact) mass is 213 g/mol. The summed E-state index contributed by atoms with van der Waals surface area (Å²) in [7, 11) is 0. The maximum absolute atomic E-state index is 12.4. The Kier molecular flexibility index (Phi) is 3.04. The van der Waals surface area contributed by atoms with Crippen molar-refractivity contribution in [2.45, 2.75) is 25.9 Å². The van der Waals surface area contributed by atoms with Gasteiger partial charge in [0.15, 0.2) is 5.69 Å². The van der Waals surface area contributed by atoms with Crippen LogP contribution in [0.5, 0.6) is 0 Å². The summed E-state index contributed by atoms with van der Waals surface area (Å²) in [5, 5.41) is 0. The molecule has 15 heavy (non-hydrogen) atoms. The molecule has 0 radical (unpaired) electrons. The molecule has 0 aromatic heterocycles. The highest BCUT2D eigenvalue weighted by atomic mass is 19.4. The van der Waals surface area contributed by atoms with Crippen molar-refractivity contribution < 1.29 is 13.2 Å². The standard InChI is InChI=1S/C11H10F3N/c1-7(2)8-4-9(11(12,13)14)6-10(5-8)15-3/h4-7H,1-2H3. The molecule has 0 amide bonds. The minimum absolute atomic E-state index is 0.0206. The minimum atomic E-state index is -4.38. The Labute approximate surface area is 86.4 Å². The summed E-state index contributed by atoms with van der Waals surface area (Å²) in [6.07, 6.45) is -4.38. The summed E-state index contributed by atoms with van der Waals surface area (Å²) in [6.45, 7) is 10.3. The Balaban J connectivity index is 3.32. The van der Waals surface area contributed by atoms with Gasteiger partial charge in [0.2, 0.25) is 0 Å². The van der Waals surface area contributed by atoms with Crippen molar-refractivity contribution >= 4 is 5.69 Å². The average molecular weight is 213 g/mol. The van der Waals surface area contributed by atoms with Crippen molar-refractivity contribution in [2.24, 2.45) is 0 Å². The molecule has 0 heterocycles. The predicted octanol–water partition coefficient (Wildman–Crippen LogP) is 4.38. The van der Waals surface area contributed by atoms with Crippen molar-refractivity contribution in [2.75, 3.05) is 0 Å². The Morgan fingerprint density at radius 2 is 1.80 bits per heavy atom. The lowest BCUT2D eigenvalue weighted by Gasteiger charge is -2.11. The van der Waals surface area contributed by atoms with Gasteiger partial charge in [0.25, 0.3) is 0 Å². The van der Waals surface area contributed by atoms with Crippen molar-refractivity contribution in [1.82, 2.24) is 0 Å². The maximum Gasteiger partial charge on any atom is 0.415 e. The highest BCUT2D eigenvalue weighted by Gasteiger charge is 2.31. The van der Waals surface area contributed by atoms with Crippen LogP contribution in [-0.4, -0.2) is 0 Å². The molecule has 0 N–H and O–H groups in total. The fourth-order valence-corrected chi connectivity index (χ4v) is 1.20. The highest BCUT2D eigenvalue weighted by Crippen LogP contribution is 2.34. The van der Waals surface area contributed by atoms with Crippen molar-refractivity contribution in [3.8, 4) is 0 Å². The first-order valence-electron chi connectivity index (χ1n) is 4.44. The molecule has 0 atom stereocenters. The normalized spacial score (nSPS) is 11.5. The number of nitrogens with zero attached hydrogens (tertiary/aromatic N) is 1. The number of benzene rings is 1. The van der Waals surface area contributed by atoms with Crippen LogP contribution in [0.25, 0.3) is 4.85 Å². The third-order valence-electron chi connectivity index (χ3n) is 2.06. The van der Waals surface area contributed by atoms with E-state index in [1.54, 1.807) is 13.8 Å². The Bertz CT molecular complexity index is 399. The molecule has 0 saturated carbocycles. The van der Waals surface area contributed by atoms with Crippen LogP contribution in [0.4, 0.5) is 18.9 Å². The predicted molar refractivity (Wildman–Crippen MR) is 51.8 cm³/mol. The van der Waals surface area contributed by atoms with Crippen molar-refractivity contribution in [3.63, 3.8) is 0 Å². The molecule has 1 aromatic carbocycles. The number of hydrogen-bond donors (Lipinski definition) is 0. The summed E-state index contributed by atoms with van der Waals surface area (Å²) in [6, 6.07) is 3.46. The van der Waals surface area contributed by atoms with Gasteiger partial charge in [-0.3, -0.25) is 0 Å². The second kappa shape index (κ2) is 3.93. The van der Waals surface area contributed by atoms with E-state index in [1.807, 2.05) is 0 Å². The molecule has 4 heteroatoms. The lowest BCUT2D eigenvalue weighted by atomic mass is 10.00. The molecule has 0 fully saturated rings. The fraction of sp³-hybridized carbons (Fsp3) is 0.364. The van der Waals surface area contributed by atoms with Crippen LogP contribution in [0.1, 0.15) is 30.9 Å². The molecule has 0 spiro atoms. The van der Waals surface area contributed by atoms with E-state index in [-0.39, 0.29) is 11.6 Å². The summed E-state index contributed by atoms with van der Waals surface area (Å²) in [4.78, 5) is 3.04. The van der Waals surface area contributed by atoms with Gasteiger partial charge in [0, 0.05) is 5.56 Å². The van der Waals surface area contributed by atoms with Crippen molar-refractivity contribution in [3.05, 3.63) is 40.7 Å². The number of alkyl halides is 3. The molecule has 1 aromatic rings. The van der Waals surface area contributed by atoms with Gasteiger partial charge in [-0.15, -0.1) is 0 Å². The quantitative estimate of drug-likeness (QED) is 0.610. The van der Waals surface area contributed by atoms with Gasteiger partial charge in [-0.05, 0) is 18.1 Å². The van der Waals surface area contributed by atoms with Crippen LogP contribution in [-0.2, 0) is 6.18 Å². The van der Waals surface area contributed by atoms with E-state index in [9.17, 15) is 13.2 Å². The molecule has 0 aliphatic carbocycles. The molecule has 0 aliphatic heterocycles. The zero-order chi connectivity index (χ0) is 11.6. The van der Waals surface area contributed by atoms with Crippen LogP contribution < -0.4 is 0 Å². The molecule has 0 unspecified atom stereocenters. The van der Waals surface area contributed by atoms with Crippen molar-refractivity contribution in [1.29, 1.82) is 0 Å². The lowest BCUT2D eigenvalue weighted by Crippen LogP contribution is -2.05. The lowest BCUT2D eigenvalue weighted by molar-refractivity contribution is -0.137. The Morgan fingerprint density at radius 3 is 2.20 bits per heavy atom. The van der Waals surface area contributed by atoms with Crippen LogP contribution in [0.2, 0.25) is 0 Å². The zero-order valence-electron chi connectivity index (χ0n) is 8.39. The van der Waals surface area contributed by atoms with E-state index in [0.717, 1.165) is 12.1 Å². The van der Waals surface area contributed by atoms with E-state index in [2.05, 4.69) is 4.85 Å². The van der Waals surface area contributed by atoms with Gasteiger partial charge < -0.3 is 0 Å². The topological polar surface area (TPSA) is 4.36 Å². The van der Waals surface area contributed by atoms with Gasteiger partial charge in [-0.25, -0.2) is 4.85 Å². The molecule has 1 rings (SSSR count). The van der Waals surface area contributed by atoms with E-state index in [0.29, 0.717) is 5.56 Å². The minimum Gasteiger partial charge on any atom is -0.238 e. The summed E-state index contributed by atoms with van der Waals surface area (Å²) >= 11 is 0. The summed E-state index contributed by atoms with van der Waals surface area (Å²) < 4.78 is 37.3. The number of halogens is 3. The number of hydrogen-bond acceptors (Lipinski definition) is 0. The molecule has 0 bridgehead atoms. The van der Waals surface area contributed by atoms with E-state index >= 15 is 0 Å². The summed E-state index contributed by atoms with van der Waals surface area (Å²) in [5.74, 6) is -0.0206. The van der Waals surface area contributed by atoms with Crippen LogP contribution in [0.3, 0.4) is 0 Å². The Morgan fingerprint density at radius 1 is 1.20 bits per heavy atom. The second-order valence-corrected chi connectivity index (χ2v) is 3.58. The third kappa shape index (κ3) is 2.72. The first kappa shape index (κ1) is 11.6. The second-order valence-electron chi connectivity index (χ2n) is 3.58. The van der Waals surface area contributed by atoms with Gasteiger partial charge in [-0.1, -0.05) is 25.5 Å². The van der Waals surface area contributed by atoms with Gasteiger partial charge in [0.1, 0.15) is 0 Å². The molecular weight excluding hydrogens is 203 g/mol. The van der Waals surface area contributed by atoms with E-state index < -0.39 is 11.7 Å². The van der Waals surface area contributed by atoms with Crippen LogP contribution >= 0.6 is 0 Å². The zero-order valence-corrected chi connectivity index (χ0v) is 8.39. The van der Waals surface area contributed by atoms with Gasteiger partial charge in [-0.2, -0.15) is 13.2 Å². The van der Waals surface area contributed by atoms with E-state index in [4.69, 9.17) is 6.57 Å². The molecule has 0 saturated heterocycles. The van der Waals surface area contributed by atoms with Gasteiger partial charge in [0.05, 0.1) is 6.57 Å². The van der Waals surface area contributed by atoms with E-state index in [1.165, 1.54) is 6.07 Å². The molecule has 80 valence electrons. The molecular formula is C11H10F3N. The molecule has 0 aliphatic rings. The molecule has 1 nitrogen and oxygen atoms in total. The first-order valence-corrected chi connectivity index (χ1v) is 4.44. The maximum atomic E-state index is 12.4. The number of rotatable bonds is 1. The van der Waals surface area contributed by atoms with Crippen LogP contribution in [0, 0.1) is 6.57 Å². The smallest absolute Gasteiger partial charge is 0.238 e. The average Bonchev–Trinajstić information content (AvgIpc) is 2.15. The fourth-order valence-electron chi connectivity index (χ4n) is 1.20. The Hall–Kier alpha value is -1.50. The SMILES string of the molecule is [C-]#[N+]c1cc(C(C)C)cc(C(F)(F)F)c1. The summed E-state index contributed by atoms with van der Waals surface area (Å²) in [5.41, 5.74) is -0.177. The van der Waals surface area contributed by atoms with Gasteiger partial charge >= 0.3 is 6.18 Å².